The van der Waals surface area contributed by atoms with Crippen LogP contribution in [0.5, 0.6) is 0 Å². The van der Waals surface area contributed by atoms with Gasteiger partial charge in [-0.25, -0.2) is 18.5 Å². The quantitative estimate of drug-likeness (QED) is 0.294. The number of aromatic nitrogens is 1. The topological polar surface area (TPSA) is 109 Å². The number of sulfonamides is 1. The van der Waals surface area contributed by atoms with Crippen LogP contribution in [0.25, 0.3) is 0 Å². The first-order chi connectivity index (χ1) is 12.3. The van der Waals surface area contributed by atoms with Crippen molar-refractivity contribution < 1.29 is 8.42 Å². The van der Waals surface area contributed by atoms with Crippen molar-refractivity contribution in [2.45, 2.75) is 37.6 Å². The van der Waals surface area contributed by atoms with Gasteiger partial charge in [-0.1, -0.05) is 26.0 Å². The largest absolute Gasteiger partial charge is 0.356 e. The molecule has 150 valence electrons. The first-order valence-electron chi connectivity index (χ1n) is 8.30. The number of nitrogens with one attached hydrogen (secondary N) is 2. The van der Waals surface area contributed by atoms with E-state index in [-0.39, 0.29) is 28.9 Å². The summed E-state index contributed by atoms with van der Waals surface area (Å²) in [5.74, 6) is 1.13. The van der Waals surface area contributed by atoms with Gasteiger partial charge in [0.1, 0.15) is 5.01 Å². The summed E-state index contributed by atoms with van der Waals surface area (Å²) in [6.45, 7) is 5.55. The summed E-state index contributed by atoms with van der Waals surface area (Å²) in [6.07, 6.45) is 0.736. The number of primary sulfonamides is 1. The predicted molar refractivity (Wildman–Crippen MR) is 121 cm³/mol. The molecular formula is C17H26IN5O2S2. The van der Waals surface area contributed by atoms with Gasteiger partial charge in [0.05, 0.1) is 17.1 Å². The molecule has 0 aliphatic rings. The second-order valence-corrected chi connectivity index (χ2v) is 8.62. The van der Waals surface area contributed by atoms with Crippen molar-refractivity contribution in [1.29, 1.82) is 0 Å². The van der Waals surface area contributed by atoms with Gasteiger partial charge >= 0.3 is 0 Å². The summed E-state index contributed by atoms with van der Waals surface area (Å²) < 4.78 is 22.5. The zero-order valence-electron chi connectivity index (χ0n) is 15.6. The molecule has 0 radical (unpaired) electrons. The lowest BCUT2D eigenvalue weighted by Gasteiger charge is -2.11. The van der Waals surface area contributed by atoms with Gasteiger partial charge in [0, 0.05) is 19.0 Å². The molecule has 0 aliphatic carbocycles. The molecule has 0 spiro atoms. The number of hydrogen-bond acceptors (Lipinski definition) is 5. The van der Waals surface area contributed by atoms with E-state index in [0.717, 1.165) is 22.7 Å². The lowest BCUT2D eigenvalue weighted by atomic mass is 10.1. The molecule has 0 aliphatic heterocycles. The average Bonchev–Trinajstić information content (AvgIpc) is 3.07. The molecule has 1 aromatic carbocycles. The van der Waals surface area contributed by atoms with Crippen molar-refractivity contribution in [2.75, 3.05) is 13.6 Å². The maximum Gasteiger partial charge on any atom is 0.238 e. The Morgan fingerprint density at radius 3 is 2.44 bits per heavy atom. The Balaban J connectivity index is 0.00000364. The molecule has 1 aromatic heterocycles. The Labute approximate surface area is 182 Å². The maximum absolute atomic E-state index is 11.3. The molecule has 0 unspecified atom stereocenters. The molecule has 4 N–H and O–H groups in total. The lowest BCUT2D eigenvalue weighted by molar-refractivity contribution is 0.598. The summed E-state index contributed by atoms with van der Waals surface area (Å²) in [4.78, 5) is 8.91. The van der Waals surface area contributed by atoms with E-state index in [1.54, 1.807) is 30.5 Å². The highest BCUT2D eigenvalue weighted by atomic mass is 127. The van der Waals surface area contributed by atoms with E-state index in [0.29, 0.717) is 25.0 Å². The second kappa shape index (κ2) is 10.9. The van der Waals surface area contributed by atoms with Crippen molar-refractivity contribution in [2.24, 2.45) is 10.1 Å². The number of benzene rings is 1. The Morgan fingerprint density at radius 2 is 1.93 bits per heavy atom. The number of aliphatic imine (C=N–C) groups is 1. The Morgan fingerprint density at radius 1 is 1.26 bits per heavy atom. The fraction of sp³-hybridized carbons (Fsp3) is 0.412. The lowest BCUT2D eigenvalue weighted by Crippen LogP contribution is -2.37. The van der Waals surface area contributed by atoms with E-state index < -0.39 is 10.0 Å². The zero-order chi connectivity index (χ0) is 19.2. The van der Waals surface area contributed by atoms with Crippen LogP contribution in [0.4, 0.5) is 0 Å². The maximum atomic E-state index is 11.3. The third kappa shape index (κ3) is 7.72. The minimum absolute atomic E-state index is 0. The Bertz CT molecular complexity index is 848. The van der Waals surface area contributed by atoms with Crippen LogP contribution >= 0.6 is 35.3 Å². The van der Waals surface area contributed by atoms with Crippen LogP contribution in [0.1, 0.15) is 36.0 Å². The van der Waals surface area contributed by atoms with E-state index in [1.807, 2.05) is 0 Å². The molecule has 2 rings (SSSR count). The number of guanidine groups is 1. The monoisotopic (exact) mass is 523 g/mol. The predicted octanol–water partition coefficient (Wildman–Crippen LogP) is 2.44. The molecule has 10 heteroatoms. The van der Waals surface area contributed by atoms with E-state index in [1.165, 1.54) is 12.1 Å². The van der Waals surface area contributed by atoms with Gasteiger partial charge in [-0.15, -0.1) is 35.3 Å². The van der Waals surface area contributed by atoms with Gasteiger partial charge in [0.25, 0.3) is 0 Å². The summed E-state index contributed by atoms with van der Waals surface area (Å²) in [6, 6.07) is 6.57. The average molecular weight is 523 g/mol. The summed E-state index contributed by atoms with van der Waals surface area (Å²) in [7, 11) is -1.92. The number of nitrogens with two attached hydrogens (primary N) is 1. The van der Waals surface area contributed by atoms with Crippen LogP contribution in [0.2, 0.25) is 0 Å². The highest BCUT2D eigenvalue weighted by molar-refractivity contribution is 14.0. The van der Waals surface area contributed by atoms with Gasteiger partial charge in [0.2, 0.25) is 10.0 Å². The summed E-state index contributed by atoms with van der Waals surface area (Å²) in [5, 5.41) is 14.7. The van der Waals surface area contributed by atoms with Crippen molar-refractivity contribution in [3.63, 3.8) is 0 Å². The number of thiazole rings is 1. The van der Waals surface area contributed by atoms with Gasteiger partial charge in [-0.2, -0.15) is 0 Å². The first-order valence-corrected chi connectivity index (χ1v) is 10.7. The smallest absolute Gasteiger partial charge is 0.238 e. The normalized spacial score (nSPS) is 12.0. The molecule has 27 heavy (non-hydrogen) atoms. The number of hydrogen-bond donors (Lipinski definition) is 3. The highest BCUT2D eigenvalue weighted by Crippen LogP contribution is 2.17. The van der Waals surface area contributed by atoms with Crippen LogP contribution in [-0.2, 0) is 23.0 Å². The molecule has 1 heterocycles. The molecule has 0 saturated heterocycles. The number of halogens is 1. The minimum atomic E-state index is -3.64. The number of nitrogens with zero attached hydrogens (tertiary/aromatic N) is 2. The van der Waals surface area contributed by atoms with E-state index in [2.05, 4.69) is 39.8 Å². The Hall–Kier alpha value is -1.24. The molecule has 0 fully saturated rings. The molecular weight excluding hydrogens is 497 g/mol. The van der Waals surface area contributed by atoms with Gasteiger partial charge in [-0.05, 0) is 30.0 Å². The second-order valence-electron chi connectivity index (χ2n) is 6.11. The molecule has 0 atom stereocenters. The van der Waals surface area contributed by atoms with Crippen LogP contribution in [0, 0.1) is 0 Å². The van der Waals surface area contributed by atoms with Gasteiger partial charge in [-0.3, -0.25) is 4.99 Å². The highest BCUT2D eigenvalue weighted by Gasteiger charge is 2.08. The first kappa shape index (κ1) is 23.8. The van der Waals surface area contributed by atoms with Gasteiger partial charge < -0.3 is 10.6 Å². The van der Waals surface area contributed by atoms with E-state index >= 15 is 0 Å². The van der Waals surface area contributed by atoms with Crippen molar-refractivity contribution in [3.05, 3.63) is 45.9 Å². The SMILES string of the molecule is CN=C(NCCc1ccc(S(N)(=O)=O)cc1)NCc1nc(C(C)C)cs1.I. The van der Waals surface area contributed by atoms with Crippen LogP contribution in [0.15, 0.2) is 39.5 Å². The third-order valence-corrected chi connectivity index (χ3v) is 5.55. The Kier molecular flexibility index (Phi) is 9.63. The number of rotatable bonds is 7. The van der Waals surface area contributed by atoms with Crippen molar-refractivity contribution in [1.82, 2.24) is 15.6 Å². The van der Waals surface area contributed by atoms with Crippen LogP contribution < -0.4 is 15.8 Å². The van der Waals surface area contributed by atoms with Crippen molar-refractivity contribution in [3.8, 4) is 0 Å². The van der Waals surface area contributed by atoms with Crippen molar-refractivity contribution >= 4 is 51.3 Å². The van der Waals surface area contributed by atoms with Crippen LogP contribution in [0.3, 0.4) is 0 Å². The molecule has 2 aromatic rings. The zero-order valence-corrected chi connectivity index (χ0v) is 19.6. The van der Waals surface area contributed by atoms with Gasteiger partial charge in [0.15, 0.2) is 5.96 Å². The third-order valence-electron chi connectivity index (χ3n) is 3.75. The molecule has 0 amide bonds. The van der Waals surface area contributed by atoms with E-state index in [9.17, 15) is 8.42 Å². The fourth-order valence-corrected chi connectivity index (χ4v) is 3.63. The molecule has 7 nitrogen and oxygen atoms in total. The molecule has 0 bridgehead atoms. The fourth-order valence-electron chi connectivity index (χ4n) is 2.22. The standard InChI is InChI=1S/C17H25N5O2S2.HI/c1-12(2)15-11-25-16(22-15)10-21-17(19-3)20-9-8-13-4-6-14(7-5-13)26(18,23)24;/h4-7,11-12H,8-10H2,1-3H3,(H2,18,23,24)(H2,19,20,21);1H. The summed E-state index contributed by atoms with van der Waals surface area (Å²) in [5.41, 5.74) is 2.12. The minimum Gasteiger partial charge on any atom is -0.356 e. The molecule has 0 saturated carbocycles. The van der Waals surface area contributed by atoms with E-state index in [4.69, 9.17) is 5.14 Å². The van der Waals surface area contributed by atoms with Crippen LogP contribution in [-0.4, -0.2) is 33.0 Å². The summed E-state index contributed by atoms with van der Waals surface area (Å²) >= 11 is 1.64.